The van der Waals surface area contributed by atoms with Gasteiger partial charge in [-0.25, -0.2) is 4.98 Å². The molecule has 0 bridgehead atoms. The molecule has 3 rings (SSSR count). The molecule has 0 atom stereocenters. The molecule has 1 amide bonds. The van der Waals surface area contributed by atoms with Crippen LogP contribution in [0.3, 0.4) is 0 Å². The molecular weight excluding hydrogens is 356 g/mol. The van der Waals surface area contributed by atoms with Crippen LogP contribution < -0.4 is 10.1 Å². The Labute approximate surface area is 155 Å². The van der Waals surface area contributed by atoms with Crippen molar-refractivity contribution < 1.29 is 9.53 Å². The van der Waals surface area contributed by atoms with Gasteiger partial charge < -0.3 is 10.1 Å². The quantitative estimate of drug-likeness (QED) is 0.662. The summed E-state index contributed by atoms with van der Waals surface area (Å²) in [6.07, 6.45) is 0.932. The Morgan fingerprint density at radius 1 is 1.24 bits per heavy atom. The van der Waals surface area contributed by atoms with Gasteiger partial charge in [0.1, 0.15) is 5.75 Å². The Kier molecular flexibility index (Phi) is 5.36. The van der Waals surface area contributed by atoms with E-state index in [2.05, 4.69) is 17.2 Å². The summed E-state index contributed by atoms with van der Waals surface area (Å²) in [6, 6.07) is 12.6. The fraction of sp³-hybridized carbons (Fsp3) is 0.158. The Morgan fingerprint density at radius 2 is 2.00 bits per heavy atom. The van der Waals surface area contributed by atoms with Crippen molar-refractivity contribution in [1.29, 1.82) is 0 Å². The zero-order chi connectivity index (χ0) is 17.8. The molecule has 0 spiro atoms. The lowest BCUT2D eigenvalue weighted by atomic mass is 10.1. The highest BCUT2D eigenvalue weighted by atomic mass is 35.5. The number of methoxy groups -OCH3 is 1. The Hall–Kier alpha value is -2.37. The van der Waals surface area contributed by atoms with Gasteiger partial charge in [-0.15, -0.1) is 11.3 Å². The fourth-order valence-corrected chi connectivity index (χ4v) is 3.35. The van der Waals surface area contributed by atoms with Gasteiger partial charge in [-0.3, -0.25) is 4.79 Å². The third-order valence-corrected chi connectivity index (χ3v) is 5.02. The van der Waals surface area contributed by atoms with E-state index in [-0.39, 0.29) is 5.91 Å². The smallest absolute Gasteiger partial charge is 0.257 e. The van der Waals surface area contributed by atoms with Crippen LogP contribution in [0.4, 0.5) is 5.69 Å². The van der Waals surface area contributed by atoms with Crippen LogP contribution in [0.1, 0.15) is 22.3 Å². The predicted octanol–water partition coefficient (Wildman–Crippen LogP) is 5.29. The van der Waals surface area contributed by atoms with E-state index >= 15 is 0 Å². The van der Waals surface area contributed by atoms with Crippen molar-refractivity contribution in [3.63, 3.8) is 0 Å². The van der Waals surface area contributed by atoms with Crippen molar-refractivity contribution in [2.45, 2.75) is 13.3 Å². The number of amides is 1. The number of nitrogens with zero attached hydrogens (tertiary/aromatic N) is 1. The molecule has 0 aliphatic heterocycles. The van der Waals surface area contributed by atoms with Gasteiger partial charge in [-0.05, 0) is 36.8 Å². The first kappa shape index (κ1) is 17.5. The number of ether oxygens (including phenoxy) is 1. The second kappa shape index (κ2) is 7.68. The first-order valence-electron chi connectivity index (χ1n) is 7.80. The minimum atomic E-state index is -0.262. The summed E-state index contributed by atoms with van der Waals surface area (Å²) in [5.41, 5.74) is 3.08. The number of rotatable bonds is 5. The molecule has 4 nitrogen and oxygen atoms in total. The third-order valence-electron chi connectivity index (χ3n) is 3.71. The number of aryl methyl sites for hydroxylation is 1. The lowest BCUT2D eigenvalue weighted by Gasteiger charge is -2.08. The standard InChI is InChI=1S/C19H17ClN2O2S/c1-3-18-22-17(11-25-18)12-4-6-13(7-5-12)21-19(23)15-9-8-14(24-2)10-16(15)20/h4-11H,3H2,1-2H3,(H,21,23). The Bertz CT molecular complexity index is 891. The first-order chi connectivity index (χ1) is 12.1. The number of carbonyl (C=O) groups excluding carboxylic acids is 1. The molecule has 1 heterocycles. The highest BCUT2D eigenvalue weighted by Gasteiger charge is 2.12. The number of thiazole rings is 1. The van der Waals surface area contributed by atoms with Crippen LogP contribution in [0.25, 0.3) is 11.3 Å². The van der Waals surface area contributed by atoms with Gasteiger partial charge >= 0.3 is 0 Å². The van der Waals surface area contributed by atoms with Crippen molar-refractivity contribution in [3.8, 4) is 17.0 Å². The largest absolute Gasteiger partial charge is 0.497 e. The highest BCUT2D eigenvalue weighted by Crippen LogP contribution is 2.25. The van der Waals surface area contributed by atoms with Gasteiger partial charge in [0.2, 0.25) is 0 Å². The zero-order valence-electron chi connectivity index (χ0n) is 13.9. The van der Waals surface area contributed by atoms with E-state index in [1.54, 1.807) is 36.6 Å². The van der Waals surface area contributed by atoms with E-state index in [0.717, 1.165) is 22.7 Å². The van der Waals surface area contributed by atoms with Gasteiger partial charge in [0, 0.05) is 16.6 Å². The highest BCUT2D eigenvalue weighted by molar-refractivity contribution is 7.09. The first-order valence-corrected chi connectivity index (χ1v) is 9.06. The molecular formula is C19H17ClN2O2S. The van der Waals surface area contributed by atoms with Crippen LogP contribution >= 0.6 is 22.9 Å². The SMILES string of the molecule is CCc1nc(-c2ccc(NC(=O)c3ccc(OC)cc3Cl)cc2)cs1. The normalized spacial score (nSPS) is 10.5. The number of aromatic nitrogens is 1. The van der Waals surface area contributed by atoms with E-state index in [9.17, 15) is 4.79 Å². The van der Waals surface area contributed by atoms with E-state index in [0.29, 0.717) is 22.0 Å². The summed E-state index contributed by atoms with van der Waals surface area (Å²) in [5, 5.41) is 6.36. The maximum absolute atomic E-state index is 12.4. The number of hydrogen-bond acceptors (Lipinski definition) is 4. The topological polar surface area (TPSA) is 51.2 Å². The van der Waals surface area contributed by atoms with Crippen LogP contribution in [0, 0.1) is 0 Å². The van der Waals surface area contributed by atoms with Crippen molar-refractivity contribution in [3.05, 3.63) is 63.4 Å². The van der Waals surface area contributed by atoms with E-state index in [1.165, 1.54) is 0 Å². The lowest BCUT2D eigenvalue weighted by molar-refractivity contribution is 0.102. The van der Waals surface area contributed by atoms with E-state index in [4.69, 9.17) is 16.3 Å². The van der Waals surface area contributed by atoms with E-state index < -0.39 is 0 Å². The summed E-state index contributed by atoms with van der Waals surface area (Å²) in [4.78, 5) is 17.0. The molecule has 0 aliphatic carbocycles. The van der Waals surface area contributed by atoms with Gasteiger partial charge in [-0.2, -0.15) is 0 Å². The molecule has 6 heteroatoms. The molecule has 0 saturated carbocycles. The van der Waals surface area contributed by atoms with E-state index in [1.807, 2.05) is 29.6 Å². The molecule has 128 valence electrons. The van der Waals surface area contributed by atoms with Gasteiger partial charge in [-0.1, -0.05) is 30.7 Å². The number of benzene rings is 2. The summed E-state index contributed by atoms with van der Waals surface area (Å²) in [5.74, 6) is 0.350. The number of anilines is 1. The lowest BCUT2D eigenvalue weighted by Crippen LogP contribution is -2.12. The minimum absolute atomic E-state index is 0.262. The number of halogens is 1. The van der Waals surface area contributed by atoms with Gasteiger partial charge in [0.15, 0.2) is 0 Å². The number of nitrogens with one attached hydrogen (secondary N) is 1. The van der Waals surface area contributed by atoms with Crippen LogP contribution in [0.15, 0.2) is 47.8 Å². The molecule has 0 radical (unpaired) electrons. The molecule has 0 fully saturated rings. The summed E-state index contributed by atoms with van der Waals surface area (Å²) >= 11 is 7.80. The third kappa shape index (κ3) is 4.00. The zero-order valence-corrected chi connectivity index (χ0v) is 15.4. The van der Waals surface area contributed by atoms with Gasteiger partial charge in [0.05, 0.1) is 28.4 Å². The molecule has 2 aromatic carbocycles. The van der Waals surface area contributed by atoms with Gasteiger partial charge in [0.25, 0.3) is 5.91 Å². The van der Waals surface area contributed by atoms with Crippen molar-refractivity contribution in [2.24, 2.45) is 0 Å². The van der Waals surface area contributed by atoms with Crippen molar-refractivity contribution in [1.82, 2.24) is 4.98 Å². The Balaban J connectivity index is 1.73. The molecule has 3 aromatic rings. The molecule has 0 unspecified atom stereocenters. The predicted molar refractivity (Wildman–Crippen MR) is 103 cm³/mol. The maximum Gasteiger partial charge on any atom is 0.257 e. The maximum atomic E-state index is 12.4. The monoisotopic (exact) mass is 372 g/mol. The average molecular weight is 373 g/mol. The number of hydrogen-bond donors (Lipinski definition) is 1. The van der Waals surface area contributed by atoms with Crippen LogP contribution in [-0.4, -0.2) is 18.0 Å². The Morgan fingerprint density at radius 3 is 2.60 bits per heavy atom. The fourth-order valence-electron chi connectivity index (χ4n) is 2.34. The number of carbonyl (C=O) groups is 1. The molecule has 0 saturated heterocycles. The molecule has 1 N–H and O–H groups in total. The summed E-state index contributed by atoms with van der Waals surface area (Å²) < 4.78 is 5.09. The second-order valence-corrected chi connectivity index (χ2v) is 6.71. The molecule has 1 aromatic heterocycles. The summed E-state index contributed by atoms with van der Waals surface area (Å²) in [7, 11) is 1.55. The second-order valence-electron chi connectivity index (χ2n) is 5.36. The van der Waals surface area contributed by atoms with Crippen LogP contribution in [0.5, 0.6) is 5.75 Å². The summed E-state index contributed by atoms with van der Waals surface area (Å²) in [6.45, 7) is 2.09. The van der Waals surface area contributed by atoms with Crippen molar-refractivity contribution in [2.75, 3.05) is 12.4 Å². The molecule has 25 heavy (non-hydrogen) atoms. The minimum Gasteiger partial charge on any atom is -0.497 e. The van der Waals surface area contributed by atoms with Crippen LogP contribution in [-0.2, 0) is 6.42 Å². The molecule has 0 aliphatic rings. The van der Waals surface area contributed by atoms with Crippen LogP contribution in [0.2, 0.25) is 5.02 Å². The average Bonchev–Trinajstić information content (AvgIpc) is 3.11. The van der Waals surface area contributed by atoms with Crippen molar-refractivity contribution >= 4 is 34.5 Å².